The summed E-state index contributed by atoms with van der Waals surface area (Å²) in [6.07, 6.45) is 5.88. The predicted molar refractivity (Wildman–Crippen MR) is 109 cm³/mol. The maximum Gasteiger partial charge on any atom is 0.263 e. The molecule has 152 valence electrons. The lowest BCUT2D eigenvalue weighted by atomic mass is 9.72. The van der Waals surface area contributed by atoms with Crippen molar-refractivity contribution in [3.63, 3.8) is 0 Å². The van der Waals surface area contributed by atoms with Gasteiger partial charge in [0, 0.05) is 30.6 Å². The monoisotopic (exact) mass is 408 g/mol. The molecule has 3 fully saturated rings. The SMILES string of the molecule is Cl.O=c1[nH]c(N2CC3(CCNCC3)C2)nc2cc(OCC3CCC3)cc(F)c12. The molecule has 2 N–H and O–H groups in total. The van der Waals surface area contributed by atoms with Gasteiger partial charge in [0.05, 0.1) is 12.1 Å². The fourth-order valence-corrected chi connectivity index (χ4v) is 4.48. The van der Waals surface area contributed by atoms with Crippen molar-refractivity contribution >= 4 is 29.3 Å². The number of hydrogen-bond acceptors (Lipinski definition) is 5. The predicted octanol–water partition coefficient (Wildman–Crippen LogP) is 2.85. The molecule has 3 aliphatic rings. The number of rotatable bonds is 4. The van der Waals surface area contributed by atoms with E-state index in [9.17, 15) is 9.18 Å². The van der Waals surface area contributed by atoms with Crippen molar-refractivity contribution in [3.8, 4) is 5.75 Å². The Hall–Kier alpha value is -1.86. The van der Waals surface area contributed by atoms with Crippen LogP contribution in [-0.4, -0.2) is 42.8 Å². The van der Waals surface area contributed by atoms with Gasteiger partial charge in [0.15, 0.2) is 0 Å². The second-order valence-corrected chi connectivity index (χ2v) is 8.40. The Labute approximate surface area is 169 Å². The van der Waals surface area contributed by atoms with Gasteiger partial charge >= 0.3 is 0 Å². The molecule has 2 aliphatic heterocycles. The number of hydrogen-bond donors (Lipinski definition) is 2. The van der Waals surface area contributed by atoms with E-state index in [2.05, 4.69) is 20.2 Å². The Bertz CT molecular complexity index is 916. The van der Waals surface area contributed by atoms with E-state index in [1.54, 1.807) is 6.07 Å². The van der Waals surface area contributed by atoms with Crippen LogP contribution >= 0.6 is 12.4 Å². The summed E-state index contributed by atoms with van der Waals surface area (Å²) in [5.74, 6) is 0.977. The van der Waals surface area contributed by atoms with Gasteiger partial charge < -0.3 is 15.0 Å². The van der Waals surface area contributed by atoms with Crippen LogP contribution in [0.4, 0.5) is 10.3 Å². The molecule has 8 heteroatoms. The number of fused-ring (bicyclic) bond motifs is 1. The van der Waals surface area contributed by atoms with Gasteiger partial charge in [0.1, 0.15) is 17.0 Å². The molecule has 1 aromatic heterocycles. The average Bonchev–Trinajstić information content (AvgIpc) is 2.58. The first-order chi connectivity index (χ1) is 13.1. The maximum absolute atomic E-state index is 14.5. The zero-order valence-corrected chi connectivity index (χ0v) is 16.6. The highest BCUT2D eigenvalue weighted by Gasteiger charge is 2.44. The van der Waals surface area contributed by atoms with Crippen molar-refractivity contribution in [1.29, 1.82) is 0 Å². The first-order valence-corrected chi connectivity index (χ1v) is 9.94. The quantitative estimate of drug-likeness (QED) is 0.814. The van der Waals surface area contributed by atoms with Crippen LogP contribution in [0.5, 0.6) is 5.75 Å². The molecule has 3 heterocycles. The Morgan fingerprint density at radius 2 is 2.00 bits per heavy atom. The summed E-state index contributed by atoms with van der Waals surface area (Å²) in [4.78, 5) is 21.9. The van der Waals surface area contributed by atoms with Crippen molar-refractivity contribution in [3.05, 3.63) is 28.3 Å². The maximum atomic E-state index is 14.5. The molecule has 2 aromatic rings. The lowest BCUT2D eigenvalue weighted by Crippen LogP contribution is -2.60. The first kappa shape index (κ1) is 19.5. The molecule has 1 aliphatic carbocycles. The number of piperidine rings is 1. The molecule has 1 saturated carbocycles. The number of ether oxygens (including phenoxy) is 1. The summed E-state index contributed by atoms with van der Waals surface area (Å²) in [6.45, 7) is 4.47. The van der Waals surface area contributed by atoms with Crippen LogP contribution in [0.1, 0.15) is 32.1 Å². The van der Waals surface area contributed by atoms with Gasteiger partial charge in [-0.2, -0.15) is 0 Å². The number of anilines is 1. The third-order valence-corrected chi connectivity index (χ3v) is 6.45. The molecule has 0 atom stereocenters. The minimum Gasteiger partial charge on any atom is -0.493 e. The summed E-state index contributed by atoms with van der Waals surface area (Å²) >= 11 is 0. The standard InChI is InChI=1S/C20H25FN4O2.ClH/c21-15-8-14(27-10-13-2-1-3-13)9-16-17(15)18(26)24-19(23-16)25-11-20(12-25)4-6-22-7-5-20;/h8-9,13,22H,1-7,10-12H2,(H,23,24,26);1H. The van der Waals surface area contributed by atoms with Gasteiger partial charge in [-0.05, 0) is 44.7 Å². The molecule has 5 rings (SSSR count). The Morgan fingerprint density at radius 1 is 1.25 bits per heavy atom. The number of halogens is 2. The Balaban J connectivity index is 0.00000192. The highest BCUT2D eigenvalue weighted by atomic mass is 35.5. The summed E-state index contributed by atoms with van der Waals surface area (Å²) in [5, 5.41) is 3.40. The topological polar surface area (TPSA) is 70.2 Å². The number of aromatic amines is 1. The van der Waals surface area contributed by atoms with Crippen molar-refractivity contribution in [1.82, 2.24) is 15.3 Å². The van der Waals surface area contributed by atoms with E-state index in [1.165, 1.54) is 25.3 Å². The summed E-state index contributed by atoms with van der Waals surface area (Å²) in [5.41, 5.74) is 0.269. The van der Waals surface area contributed by atoms with Crippen LogP contribution in [0, 0.1) is 17.2 Å². The van der Waals surface area contributed by atoms with Gasteiger partial charge in [-0.1, -0.05) is 6.42 Å². The molecule has 6 nitrogen and oxygen atoms in total. The van der Waals surface area contributed by atoms with E-state index in [0.717, 1.165) is 39.0 Å². The van der Waals surface area contributed by atoms with E-state index in [4.69, 9.17) is 4.74 Å². The van der Waals surface area contributed by atoms with E-state index in [-0.39, 0.29) is 17.8 Å². The zero-order chi connectivity index (χ0) is 18.4. The minimum absolute atomic E-state index is 0. The number of nitrogens with one attached hydrogen (secondary N) is 2. The molecule has 1 aromatic carbocycles. The van der Waals surface area contributed by atoms with Crippen LogP contribution in [0.3, 0.4) is 0 Å². The molecule has 0 amide bonds. The molecule has 1 spiro atoms. The second-order valence-electron chi connectivity index (χ2n) is 8.40. The fraction of sp³-hybridized carbons (Fsp3) is 0.600. The molecule has 0 radical (unpaired) electrons. The molecular weight excluding hydrogens is 383 g/mol. The van der Waals surface area contributed by atoms with Crippen molar-refractivity contribution in [2.24, 2.45) is 11.3 Å². The first-order valence-electron chi connectivity index (χ1n) is 9.94. The van der Waals surface area contributed by atoms with Gasteiger partial charge in [-0.25, -0.2) is 9.37 Å². The molecule has 0 unspecified atom stereocenters. The van der Waals surface area contributed by atoms with Crippen LogP contribution in [0.15, 0.2) is 16.9 Å². The third kappa shape index (κ3) is 3.46. The zero-order valence-electron chi connectivity index (χ0n) is 15.8. The molecular formula is C20H26ClFN4O2. The normalized spacial score (nSPS) is 21.1. The second kappa shape index (κ2) is 7.52. The van der Waals surface area contributed by atoms with Gasteiger partial charge in [-0.3, -0.25) is 9.78 Å². The number of nitrogens with zero attached hydrogens (tertiary/aromatic N) is 2. The Kier molecular flexibility index (Phi) is 5.22. The summed E-state index contributed by atoms with van der Waals surface area (Å²) < 4.78 is 20.2. The van der Waals surface area contributed by atoms with Crippen LogP contribution < -0.4 is 20.5 Å². The van der Waals surface area contributed by atoms with Crippen LogP contribution in [0.2, 0.25) is 0 Å². The van der Waals surface area contributed by atoms with Crippen molar-refractivity contribution in [2.45, 2.75) is 32.1 Å². The van der Waals surface area contributed by atoms with Crippen molar-refractivity contribution < 1.29 is 9.13 Å². The lowest BCUT2D eigenvalue weighted by molar-refractivity contribution is 0.148. The van der Waals surface area contributed by atoms with Gasteiger partial charge in [0.2, 0.25) is 5.95 Å². The molecule has 0 bridgehead atoms. The lowest BCUT2D eigenvalue weighted by Gasteiger charge is -2.52. The van der Waals surface area contributed by atoms with Gasteiger partial charge in [0.25, 0.3) is 5.56 Å². The van der Waals surface area contributed by atoms with E-state index >= 15 is 0 Å². The largest absolute Gasteiger partial charge is 0.493 e. The molecule has 2 saturated heterocycles. The van der Waals surface area contributed by atoms with E-state index in [0.29, 0.717) is 35.2 Å². The summed E-state index contributed by atoms with van der Waals surface area (Å²) in [6, 6.07) is 2.99. The highest BCUT2D eigenvalue weighted by Crippen LogP contribution is 2.40. The Morgan fingerprint density at radius 3 is 2.68 bits per heavy atom. The van der Waals surface area contributed by atoms with Crippen LogP contribution in [-0.2, 0) is 0 Å². The third-order valence-electron chi connectivity index (χ3n) is 6.45. The van der Waals surface area contributed by atoms with E-state index < -0.39 is 11.4 Å². The van der Waals surface area contributed by atoms with E-state index in [1.807, 2.05) is 0 Å². The van der Waals surface area contributed by atoms with Gasteiger partial charge in [-0.15, -0.1) is 12.4 Å². The highest BCUT2D eigenvalue weighted by molar-refractivity contribution is 5.85. The van der Waals surface area contributed by atoms with Crippen LogP contribution in [0.25, 0.3) is 10.9 Å². The minimum atomic E-state index is -0.574. The van der Waals surface area contributed by atoms with Crippen molar-refractivity contribution in [2.75, 3.05) is 37.7 Å². The number of H-pyrrole nitrogens is 1. The summed E-state index contributed by atoms with van der Waals surface area (Å²) in [7, 11) is 0. The number of benzene rings is 1. The average molecular weight is 409 g/mol. The smallest absolute Gasteiger partial charge is 0.263 e. The molecule has 28 heavy (non-hydrogen) atoms. The number of aromatic nitrogens is 2. The fourth-order valence-electron chi connectivity index (χ4n) is 4.48.